The zero-order valence-electron chi connectivity index (χ0n) is 15.6. The maximum absolute atomic E-state index is 12.5. The van der Waals surface area contributed by atoms with Crippen LogP contribution < -0.4 is 5.32 Å². The molecular formula is C20H26BrN3O2. The van der Waals surface area contributed by atoms with Crippen LogP contribution in [0, 0.1) is 13.8 Å². The molecular weight excluding hydrogens is 394 g/mol. The Hall–Kier alpha value is -1.63. The first kappa shape index (κ1) is 19.1. The number of carbonyl (C=O) groups is 1. The highest BCUT2D eigenvalue weighted by Crippen LogP contribution is 2.28. The van der Waals surface area contributed by atoms with E-state index < -0.39 is 0 Å². The van der Waals surface area contributed by atoms with Crippen molar-refractivity contribution in [3.63, 3.8) is 0 Å². The number of aryl methyl sites for hydroxylation is 2. The Morgan fingerprint density at radius 1 is 1.08 bits per heavy atom. The largest absolute Gasteiger partial charge is 0.465 e. The van der Waals surface area contributed by atoms with Crippen LogP contribution in [0.3, 0.4) is 0 Å². The van der Waals surface area contributed by atoms with Crippen molar-refractivity contribution in [2.75, 3.05) is 38.0 Å². The summed E-state index contributed by atoms with van der Waals surface area (Å²) in [6.07, 6.45) is 0. The number of furan rings is 1. The molecule has 0 aliphatic carbocycles. The molecule has 1 amide bonds. The molecule has 2 aromatic rings. The SMILES string of the molecule is CCN1CCN(Cc2ccc(NC(=O)c3c(C)oc(C)c3Br)cc2)CC1. The number of carbonyl (C=O) groups excluding carboxylic acids is 1. The fourth-order valence-corrected chi connectivity index (χ4v) is 3.86. The zero-order chi connectivity index (χ0) is 18.7. The number of piperazine rings is 1. The number of nitrogens with one attached hydrogen (secondary N) is 1. The molecule has 1 N–H and O–H groups in total. The number of amides is 1. The Bertz CT molecular complexity index is 762. The molecule has 1 aliphatic rings. The van der Waals surface area contributed by atoms with Crippen molar-refractivity contribution < 1.29 is 9.21 Å². The lowest BCUT2D eigenvalue weighted by molar-refractivity contribution is 0.102. The van der Waals surface area contributed by atoms with Crippen molar-refractivity contribution in [2.24, 2.45) is 0 Å². The van der Waals surface area contributed by atoms with Gasteiger partial charge >= 0.3 is 0 Å². The van der Waals surface area contributed by atoms with Gasteiger partial charge in [0, 0.05) is 38.4 Å². The summed E-state index contributed by atoms with van der Waals surface area (Å²) in [6.45, 7) is 12.4. The number of halogens is 1. The normalized spacial score (nSPS) is 16.0. The average molecular weight is 420 g/mol. The van der Waals surface area contributed by atoms with Crippen LogP contribution in [0.2, 0.25) is 0 Å². The molecule has 1 aliphatic heterocycles. The van der Waals surface area contributed by atoms with E-state index >= 15 is 0 Å². The van der Waals surface area contributed by atoms with Gasteiger partial charge in [-0.15, -0.1) is 0 Å². The van der Waals surface area contributed by atoms with Gasteiger partial charge in [0.05, 0.1) is 10.0 Å². The fraction of sp³-hybridized carbons (Fsp3) is 0.450. The number of benzene rings is 1. The van der Waals surface area contributed by atoms with E-state index in [0.717, 1.165) is 49.4 Å². The molecule has 1 saturated heterocycles. The lowest BCUT2D eigenvalue weighted by Gasteiger charge is -2.34. The van der Waals surface area contributed by atoms with Crippen LogP contribution in [0.4, 0.5) is 5.69 Å². The van der Waals surface area contributed by atoms with E-state index in [1.807, 2.05) is 19.1 Å². The maximum atomic E-state index is 12.5. The van der Waals surface area contributed by atoms with E-state index in [9.17, 15) is 4.79 Å². The van der Waals surface area contributed by atoms with Crippen LogP contribution in [0.25, 0.3) is 0 Å². The van der Waals surface area contributed by atoms with Gasteiger partial charge in [-0.05, 0) is 54.0 Å². The third kappa shape index (κ3) is 4.37. The van der Waals surface area contributed by atoms with Crippen molar-refractivity contribution in [3.8, 4) is 0 Å². The lowest BCUT2D eigenvalue weighted by Crippen LogP contribution is -2.45. The second-order valence-electron chi connectivity index (χ2n) is 6.76. The van der Waals surface area contributed by atoms with Crippen LogP contribution in [0.5, 0.6) is 0 Å². The molecule has 2 heterocycles. The van der Waals surface area contributed by atoms with Gasteiger partial charge in [0.1, 0.15) is 11.5 Å². The van der Waals surface area contributed by atoms with E-state index in [0.29, 0.717) is 17.1 Å². The van der Waals surface area contributed by atoms with Gasteiger partial charge < -0.3 is 14.6 Å². The predicted molar refractivity (Wildman–Crippen MR) is 108 cm³/mol. The number of likely N-dealkylation sites (N-methyl/N-ethyl adjacent to an activating group) is 1. The first-order valence-corrected chi connectivity index (χ1v) is 9.87. The Kier molecular flexibility index (Phi) is 6.16. The number of anilines is 1. The Morgan fingerprint density at radius 2 is 1.69 bits per heavy atom. The van der Waals surface area contributed by atoms with Crippen LogP contribution in [-0.2, 0) is 6.54 Å². The molecule has 0 bridgehead atoms. The molecule has 0 unspecified atom stereocenters. The number of hydrogen-bond donors (Lipinski definition) is 1. The molecule has 140 valence electrons. The first-order chi connectivity index (χ1) is 12.5. The summed E-state index contributed by atoms with van der Waals surface area (Å²) >= 11 is 3.43. The Balaban J connectivity index is 1.58. The van der Waals surface area contributed by atoms with Gasteiger partial charge in [-0.25, -0.2) is 0 Å². The molecule has 0 radical (unpaired) electrons. The van der Waals surface area contributed by atoms with Gasteiger partial charge in [0.15, 0.2) is 0 Å². The summed E-state index contributed by atoms with van der Waals surface area (Å²) in [5.41, 5.74) is 2.62. The van der Waals surface area contributed by atoms with Crippen molar-refractivity contribution in [2.45, 2.75) is 27.3 Å². The van der Waals surface area contributed by atoms with E-state index in [-0.39, 0.29) is 5.91 Å². The standard InChI is InChI=1S/C20H26BrN3O2/c1-4-23-9-11-24(12-10-23)13-16-5-7-17(8-6-16)22-20(25)18-14(2)26-15(3)19(18)21/h5-8H,4,9-13H2,1-3H3,(H,22,25). The molecule has 0 saturated carbocycles. The summed E-state index contributed by atoms with van der Waals surface area (Å²) in [7, 11) is 0. The van der Waals surface area contributed by atoms with E-state index in [4.69, 9.17) is 4.42 Å². The highest BCUT2D eigenvalue weighted by Gasteiger charge is 2.20. The monoisotopic (exact) mass is 419 g/mol. The van der Waals surface area contributed by atoms with Crippen LogP contribution in [0.15, 0.2) is 33.2 Å². The highest BCUT2D eigenvalue weighted by atomic mass is 79.9. The quantitative estimate of drug-likeness (QED) is 0.793. The third-order valence-corrected chi connectivity index (χ3v) is 5.90. The highest BCUT2D eigenvalue weighted by molar-refractivity contribution is 9.10. The van der Waals surface area contributed by atoms with Crippen molar-refractivity contribution in [1.29, 1.82) is 0 Å². The summed E-state index contributed by atoms with van der Waals surface area (Å²) in [5, 5.41) is 2.95. The smallest absolute Gasteiger partial charge is 0.260 e. The molecule has 1 aromatic carbocycles. The molecule has 1 aromatic heterocycles. The van der Waals surface area contributed by atoms with E-state index in [2.05, 4.69) is 50.1 Å². The second kappa shape index (κ2) is 8.37. The summed E-state index contributed by atoms with van der Waals surface area (Å²) in [6, 6.07) is 8.10. The van der Waals surface area contributed by atoms with Gasteiger partial charge in [-0.2, -0.15) is 0 Å². The molecule has 0 atom stereocenters. The zero-order valence-corrected chi connectivity index (χ0v) is 17.2. The summed E-state index contributed by atoms with van der Waals surface area (Å²) < 4.78 is 6.22. The van der Waals surface area contributed by atoms with Gasteiger partial charge in [0.2, 0.25) is 0 Å². The fourth-order valence-electron chi connectivity index (χ4n) is 3.32. The van der Waals surface area contributed by atoms with Crippen molar-refractivity contribution in [3.05, 3.63) is 51.4 Å². The van der Waals surface area contributed by atoms with Gasteiger partial charge in [0.25, 0.3) is 5.91 Å². The topological polar surface area (TPSA) is 48.7 Å². The van der Waals surface area contributed by atoms with Crippen LogP contribution in [-0.4, -0.2) is 48.4 Å². The number of hydrogen-bond acceptors (Lipinski definition) is 4. The van der Waals surface area contributed by atoms with Crippen molar-refractivity contribution in [1.82, 2.24) is 9.80 Å². The summed E-state index contributed by atoms with van der Waals surface area (Å²) in [4.78, 5) is 17.5. The minimum Gasteiger partial charge on any atom is -0.465 e. The first-order valence-electron chi connectivity index (χ1n) is 9.08. The molecule has 5 nitrogen and oxygen atoms in total. The van der Waals surface area contributed by atoms with E-state index in [1.54, 1.807) is 6.92 Å². The summed E-state index contributed by atoms with van der Waals surface area (Å²) in [5.74, 6) is 1.18. The Morgan fingerprint density at radius 3 is 2.23 bits per heavy atom. The van der Waals surface area contributed by atoms with Gasteiger partial charge in [-0.3, -0.25) is 9.69 Å². The molecule has 1 fully saturated rings. The predicted octanol–water partition coefficient (Wildman–Crippen LogP) is 4.05. The minimum atomic E-state index is -0.158. The van der Waals surface area contributed by atoms with Crippen LogP contribution in [0.1, 0.15) is 34.4 Å². The third-order valence-electron chi connectivity index (χ3n) is 4.94. The average Bonchev–Trinajstić information content (AvgIpc) is 2.89. The van der Waals surface area contributed by atoms with Crippen molar-refractivity contribution >= 4 is 27.5 Å². The molecule has 0 spiro atoms. The maximum Gasteiger partial charge on any atom is 0.260 e. The Labute approximate surface area is 163 Å². The van der Waals surface area contributed by atoms with Crippen LogP contribution >= 0.6 is 15.9 Å². The number of rotatable bonds is 5. The lowest BCUT2D eigenvalue weighted by atomic mass is 10.1. The minimum absolute atomic E-state index is 0.158. The van der Waals surface area contributed by atoms with Gasteiger partial charge in [-0.1, -0.05) is 19.1 Å². The number of nitrogens with zero attached hydrogens (tertiary/aromatic N) is 2. The molecule has 26 heavy (non-hydrogen) atoms. The second-order valence-corrected chi connectivity index (χ2v) is 7.56. The molecule has 6 heteroatoms. The van der Waals surface area contributed by atoms with E-state index in [1.165, 1.54) is 5.56 Å². The molecule has 3 rings (SSSR count).